The summed E-state index contributed by atoms with van der Waals surface area (Å²) in [6.45, 7) is 0.678. The minimum Gasteiger partial charge on any atom is -0.493 e. The normalized spacial score (nSPS) is 18.8. The second-order valence-corrected chi connectivity index (χ2v) is 4.30. The van der Waals surface area contributed by atoms with E-state index in [-0.39, 0.29) is 0 Å². The summed E-state index contributed by atoms with van der Waals surface area (Å²) in [4.78, 5) is 0. The van der Waals surface area contributed by atoms with Gasteiger partial charge in [0.05, 0.1) is 14.2 Å². The van der Waals surface area contributed by atoms with Gasteiger partial charge < -0.3 is 19.3 Å². The molecule has 1 aromatic rings. The van der Waals surface area contributed by atoms with Crippen molar-refractivity contribution in [2.24, 2.45) is 0 Å². The van der Waals surface area contributed by atoms with Crippen LogP contribution in [-0.2, 0) is 11.2 Å². The molecule has 0 aliphatic heterocycles. The van der Waals surface area contributed by atoms with Crippen molar-refractivity contribution in [2.75, 3.05) is 27.9 Å². The molecule has 5 nitrogen and oxygen atoms in total. The lowest BCUT2D eigenvalue weighted by Crippen LogP contribution is -2.37. The number of benzene rings is 1. The topological polar surface area (TPSA) is 60.0 Å². The lowest BCUT2D eigenvalue weighted by Gasteiger charge is -2.32. The second-order valence-electron chi connectivity index (χ2n) is 4.30. The highest BCUT2D eigenvalue weighted by molar-refractivity contribution is 5.53. The maximum absolute atomic E-state index is 9.28. The highest BCUT2D eigenvalue weighted by Gasteiger charge is 2.28. The van der Waals surface area contributed by atoms with Gasteiger partial charge in [-0.15, -0.1) is 0 Å². The molecule has 0 fully saturated rings. The Morgan fingerprint density at radius 2 is 1.94 bits per heavy atom. The number of ether oxygens (including phenoxy) is 3. The van der Waals surface area contributed by atoms with Crippen LogP contribution in [0.25, 0.3) is 0 Å². The van der Waals surface area contributed by atoms with Gasteiger partial charge in [0.15, 0.2) is 11.5 Å². The zero-order valence-electron chi connectivity index (χ0n) is 10.9. The lowest BCUT2D eigenvalue weighted by molar-refractivity contribution is -0.0973. The van der Waals surface area contributed by atoms with Crippen LogP contribution in [0.1, 0.15) is 17.0 Å². The zero-order chi connectivity index (χ0) is 13.1. The minimum absolute atomic E-state index is 0.379. The predicted octanol–water partition coefficient (Wildman–Crippen LogP) is 0.855. The number of aliphatic hydroxyl groups excluding tert-OH is 1. The largest absolute Gasteiger partial charge is 0.493 e. The fourth-order valence-electron chi connectivity index (χ4n) is 2.25. The number of rotatable bonds is 6. The molecule has 0 amide bonds. The number of hydrogen-bond donors (Lipinski definition) is 2. The quantitative estimate of drug-likeness (QED) is 0.736. The van der Waals surface area contributed by atoms with Gasteiger partial charge in [0.1, 0.15) is 0 Å². The van der Waals surface area contributed by atoms with Crippen molar-refractivity contribution in [3.8, 4) is 11.5 Å². The van der Waals surface area contributed by atoms with Crippen molar-refractivity contribution in [3.63, 3.8) is 0 Å². The SMILES string of the molecule is COc1cc2c(cc1OC)[C@@H](CNC(O)OC)C2. The number of nitrogens with one attached hydrogen (secondary N) is 1. The molecule has 1 unspecified atom stereocenters. The maximum atomic E-state index is 9.28. The molecule has 0 aromatic heterocycles. The minimum atomic E-state index is -0.908. The summed E-state index contributed by atoms with van der Waals surface area (Å²) in [6.07, 6.45) is 0.0632. The first-order valence-corrected chi connectivity index (χ1v) is 5.88. The first-order chi connectivity index (χ1) is 8.69. The van der Waals surface area contributed by atoms with Gasteiger partial charge >= 0.3 is 0 Å². The first-order valence-electron chi connectivity index (χ1n) is 5.88. The summed E-state index contributed by atoms with van der Waals surface area (Å²) >= 11 is 0. The van der Waals surface area contributed by atoms with Gasteiger partial charge in [-0.05, 0) is 29.7 Å². The van der Waals surface area contributed by atoms with E-state index in [0.29, 0.717) is 12.5 Å². The van der Waals surface area contributed by atoms with E-state index >= 15 is 0 Å². The Morgan fingerprint density at radius 1 is 1.28 bits per heavy atom. The molecule has 0 bridgehead atoms. The van der Waals surface area contributed by atoms with Crippen LogP contribution in [0, 0.1) is 0 Å². The van der Waals surface area contributed by atoms with E-state index in [1.807, 2.05) is 12.1 Å². The van der Waals surface area contributed by atoms with Crippen molar-refractivity contribution in [1.82, 2.24) is 5.32 Å². The van der Waals surface area contributed by atoms with Gasteiger partial charge in [0.2, 0.25) is 6.41 Å². The number of aliphatic hydroxyl groups is 1. The number of methoxy groups -OCH3 is 3. The summed E-state index contributed by atoms with van der Waals surface area (Å²) in [6, 6.07) is 4.01. The number of fused-ring (bicyclic) bond motifs is 1. The number of hydrogen-bond acceptors (Lipinski definition) is 5. The second kappa shape index (κ2) is 5.56. The van der Waals surface area contributed by atoms with E-state index in [2.05, 4.69) is 5.32 Å². The average Bonchev–Trinajstić information content (AvgIpc) is 2.38. The summed E-state index contributed by atoms with van der Waals surface area (Å²) in [5.74, 6) is 1.89. The van der Waals surface area contributed by atoms with Crippen LogP contribution >= 0.6 is 0 Å². The predicted molar refractivity (Wildman–Crippen MR) is 67.0 cm³/mol. The van der Waals surface area contributed by atoms with Crippen LogP contribution in [0.5, 0.6) is 11.5 Å². The van der Waals surface area contributed by atoms with Gasteiger partial charge in [-0.2, -0.15) is 0 Å². The molecule has 2 N–H and O–H groups in total. The molecule has 18 heavy (non-hydrogen) atoms. The standard InChI is InChI=1S/C13H19NO4/c1-16-11-5-8-4-9(7-14-13(15)18-3)10(8)6-12(11)17-2/h5-6,9,13-15H,4,7H2,1-3H3/t9-,13?/m1/s1. The molecular formula is C13H19NO4. The van der Waals surface area contributed by atoms with Crippen molar-refractivity contribution in [2.45, 2.75) is 18.8 Å². The fraction of sp³-hybridized carbons (Fsp3) is 0.538. The molecule has 0 saturated carbocycles. The van der Waals surface area contributed by atoms with E-state index in [9.17, 15) is 5.11 Å². The molecule has 2 rings (SSSR count). The summed E-state index contributed by atoms with van der Waals surface area (Å²) < 4.78 is 15.3. The molecule has 5 heteroatoms. The van der Waals surface area contributed by atoms with E-state index in [0.717, 1.165) is 17.9 Å². The summed E-state index contributed by atoms with van der Waals surface area (Å²) in [7, 11) is 4.72. The molecule has 2 atom stereocenters. The van der Waals surface area contributed by atoms with Crippen LogP contribution in [0.4, 0.5) is 0 Å². The van der Waals surface area contributed by atoms with E-state index in [1.54, 1.807) is 14.2 Å². The maximum Gasteiger partial charge on any atom is 0.213 e. The van der Waals surface area contributed by atoms with Gasteiger partial charge in [0.25, 0.3) is 0 Å². The Bertz CT molecular complexity index is 422. The molecule has 1 aromatic carbocycles. The third kappa shape index (κ3) is 2.43. The lowest BCUT2D eigenvalue weighted by atomic mass is 9.77. The van der Waals surface area contributed by atoms with E-state index in [1.165, 1.54) is 18.2 Å². The molecule has 0 radical (unpaired) electrons. The smallest absolute Gasteiger partial charge is 0.213 e. The molecule has 100 valence electrons. The van der Waals surface area contributed by atoms with Gasteiger partial charge in [-0.25, -0.2) is 0 Å². The van der Waals surface area contributed by atoms with Gasteiger partial charge in [0, 0.05) is 19.6 Å². The van der Waals surface area contributed by atoms with Crippen LogP contribution < -0.4 is 14.8 Å². The molecule has 0 saturated heterocycles. The highest BCUT2D eigenvalue weighted by Crippen LogP contribution is 2.41. The molecular weight excluding hydrogens is 234 g/mol. The first kappa shape index (κ1) is 13.1. The molecule has 1 aliphatic rings. The van der Waals surface area contributed by atoms with E-state index in [4.69, 9.17) is 14.2 Å². The van der Waals surface area contributed by atoms with Crippen molar-refractivity contribution < 1.29 is 19.3 Å². The Kier molecular flexibility index (Phi) is 4.06. The van der Waals surface area contributed by atoms with Crippen LogP contribution in [0.15, 0.2) is 12.1 Å². The molecule has 0 spiro atoms. The van der Waals surface area contributed by atoms with Crippen LogP contribution in [0.3, 0.4) is 0 Å². The molecule has 0 heterocycles. The summed E-state index contributed by atoms with van der Waals surface area (Å²) in [5.41, 5.74) is 2.51. The van der Waals surface area contributed by atoms with Crippen LogP contribution in [0.2, 0.25) is 0 Å². The highest BCUT2D eigenvalue weighted by atomic mass is 16.6. The third-order valence-corrected chi connectivity index (χ3v) is 3.31. The Morgan fingerprint density at radius 3 is 2.56 bits per heavy atom. The Labute approximate surface area is 107 Å². The van der Waals surface area contributed by atoms with Crippen molar-refractivity contribution >= 4 is 0 Å². The molecule has 1 aliphatic carbocycles. The Balaban J connectivity index is 2.05. The summed E-state index contributed by atoms with van der Waals surface area (Å²) in [5, 5.41) is 12.2. The third-order valence-electron chi connectivity index (χ3n) is 3.31. The fourth-order valence-corrected chi connectivity index (χ4v) is 2.25. The van der Waals surface area contributed by atoms with Gasteiger partial charge in [-0.3, -0.25) is 5.32 Å². The van der Waals surface area contributed by atoms with Gasteiger partial charge in [-0.1, -0.05) is 0 Å². The van der Waals surface area contributed by atoms with Crippen molar-refractivity contribution in [3.05, 3.63) is 23.3 Å². The zero-order valence-corrected chi connectivity index (χ0v) is 10.9. The monoisotopic (exact) mass is 253 g/mol. The van der Waals surface area contributed by atoms with E-state index < -0.39 is 6.41 Å². The average molecular weight is 253 g/mol. The van der Waals surface area contributed by atoms with Crippen molar-refractivity contribution in [1.29, 1.82) is 0 Å². The Hall–Kier alpha value is -1.30. The van der Waals surface area contributed by atoms with Crippen LogP contribution in [-0.4, -0.2) is 39.4 Å².